The summed E-state index contributed by atoms with van der Waals surface area (Å²) >= 11 is 0. The number of hydrazine groups is 1. The summed E-state index contributed by atoms with van der Waals surface area (Å²) in [5, 5.41) is 0. The highest BCUT2D eigenvalue weighted by atomic mass is 15.2. The van der Waals surface area contributed by atoms with E-state index in [0.29, 0.717) is 0 Å². The summed E-state index contributed by atoms with van der Waals surface area (Å²) in [4.78, 5) is 7.03. The van der Waals surface area contributed by atoms with Gasteiger partial charge in [-0.15, -0.1) is 0 Å². The lowest BCUT2D eigenvalue weighted by molar-refractivity contribution is 0.807. The van der Waals surface area contributed by atoms with Crippen LogP contribution in [-0.2, 0) is 0 Å². The predicted molar refractivity (Wildman–Crippen MR) is 270 cm³/mol. The summed E-state index contributed by atoms with van der Waals surface area (Å²) in [5.74, 6) is 5.08. The number of benzene rings is 3. The van der Waals surface area contributed by atoms with Crippen molar-refractivity contribution in [3.05, 3.63) is 235 Å². The van der Waals surface area contributed by atoms with Crippen LogP contribution in [0, 0.1) is 20.8 Å². The molecule has 4 nitrogen and oxygen atoms in total. The number of aryl methyl sites for hydroxylation is 3. The van der Waals surface area contributed by atoms with Gasteiger partial charge in [0.1, 0.15) is 0 Å². The number of aliphatic imine (C=N–C) groups is 1. The first kappa shape index (κ1) is 49.8. The maximum absolute atomic E-state index is 5.08. The van der Waals surface area contributed by atoms with Crippen molar-refractivity contribution in [1.82, 2.24) is 5.43 Å². The van der Waals surface area contributed by atoms with Crippen LogP contribution in [0.15, 0.2) is 206 Å². The van der Waals surface area contributed by atoms with Gasteiger partial charge in [0.25, 0.3) is 0 Å². The van der Waals surface area contributed by atoms with E-state index in [9.17, 15) is 0 Å². The van der Waals surface area contributed by atoms with Crippen LogP contribution in [0.3, 0.4) is 0 Å². The topological polar surface area (TPSA) is 53.6 Å². The molecule has 0 fully saturated rings. The average Bonchev–Trinajstić information content (AvgIpc) is 3.77. The van der Waals surface area contributed by atoms with Gasteiger partial charge in [-0.1, -0.05) is 166 Å². The second-order valence-corrected chi connectivity index (χ2v) is 13.7. The Balaban J connectivity index is 0.000000600. The molecule has 0 unspecified atom stereocenters. The van der Waals surface area contributed by atoms with E-state index in [-0.39, 0.29) is 0 Å². The van der Waals surface area contributed by atoms with Crippen LogP contribution in [0.2, 0.25) is 0 Å². The maximum Gasteiger partial charge on any atom is 0.0708 e. The fourth-order valence-electron chi connectivity index (χ4n) is 6.20. The monoisotopic (exact) mass is 797 g/mol. The van der Waals surface area contributed by atoms with Gasteiger partial charge in [0.2, 0.25) is 0 Å². The molecule has 1 aliphatic carbocycles. The Morgan fingerprint density at radius 3 is 2.22 bits per heavy atom. The van der Waals surface area contributed by atoms with Crippen LogP contribution < -0.4 is 16.2 Å². The minimum atomic E-state index is 0.781. The number of fused-ring (bicyclic) bond motifs is 1. The van der Waals surface area contributed by atoms with E-state index >= 15 is 0 Å². The van der Waals surface area contributed by atoms with Crippen molar-refractivity contribution in [2.45, 2.75) is 68.2 Å². The average molecular weight is 797 g/mol. The standard InChI is InChI=1S/C41H44N2.C7H8.C6H10N2.C2H6/c1-9-13-16-18-25-42-40-23-22-35(30-38(40)32(6)20-17-14-10-2)36-24-26-43(37(19-12-4)21-15-11-3)41-34(8)27-31(5)28-39(41)33(7)29-36;1-7-5-3-2-4-6-7;7-8-5-6-3-1-2-4-6;1-2/h9-20,22-30H,4,6-7,21H2,1-3,5,8H3;2-6H,1H3;1,3-4,8H,2,5,7H2;1-2H3/b13-9-,14-10-,15-11?,18-16-,20-17-,26-24-,36-29+,37-19+,42-25?;;;. The number of rotatable bonds is 13. The third kappa shape index (κ3) is 16.9. The Morgan fingerprint density at radius 1 is 0.867 bits per heavy atom. The van der Waals surface area contributed by atoms with Crippen molar-refractivity contribution in [2.75, 3.05) is 11.4 Å². The van der Waals surface area contributed by atoms with E-state index in [1.165, 1.54) is 22.3 Å². The molecule has 0 atom stereocenters. The molecule has 0 saturated heterocycles. The largest absolute Gasteiger partial charge is 0.320 e. The molecule has 0 bridgehead atoms. The first-order valence-corrected chi connectivity index (χ1v) is 20.8. The highest BCUT2D eigenvalue weighted by molar-refractivity contribution is 5.95. The van der Waals surface area contributed by atoms with Gasteiger partial charge < -0.3 is 4.90 Å². The molecule has 3 N–H and O–H groups in total. The molecule has 312 valence electrons. The van der Waals surface area contributed by atoms with E-state index < -0.39 is 0 Å². The van der Waals surface area contributed by atoms with E-state index in [1.54, 1.807) is 0 Å². The molecule has 2 aliphatic rings. The molecular formula is C56H68N4. The van der Waals surface area contributed by atoms with E-state index in [2.05, 4.69) is 148 Å². The second kappa shape index (κ2) is 29.0. The summed E-state index contributed by atoms with van der Waals surface area (Å²) in [5.41, 5.74) is 16.8. The molecule has 1 heterocycles. The normalized spacial score (nSPS) is 15.2. The van der Waals surface area contributed by atoms with Crippen LogP contribution in [0.25, 0.3) is 16.7 Å². The molecule has 0 radical (unpaired) electrons. The lowest BCUT2D eigenvalue weighted by Gasteiger charge is -2.30. The van der Waals surface area contributed by atoms with Crippen LogP contribution in [0.5, 0.6) is 0 Å². The summed E-state index contributed by atoms with van der Waals surface area (Å²) in [6, 6.07) is 21.1. The first-order valence-electron chi connectivity index (χ1n) is 20.8. The third-order valence-corrected chi connectivity index (χ3v) is 9.03. The molecule has 0 aromatic heterocycles. The van der Waals surface area contributed by atoms with Crippen molar-refractivity contribution in [1.29, 1.82) is 0 Å². The van der Waals surface area contributed by atoms with Gasteiger partial charge in [-0.05, 0) is 124 Å². The molecule has 0 spiro atoms. The van der Waals surface area contributed by atoms with Crippen molar-refractivity contribution in [3.8, 4) is 0 Å². The Labute approximate surface area is 363 Å². The first-order chi connectivity index (χ1) is 29.2. The second-order valence-electron chi connectivity index (χ2n) is 13.7. The number of nitrogens with two attached hydrogens (primary N) is 1. The Bertz CT molecular complexity index is 2190. The molecular weight excluding hydrogens is 729 g/mol. The zero-order valence-electron chi connectivity index (χ0n) is 37.5. The third-order valence-electron chi connectivity index (χ3n) is 9.03. The van der Waals surface area contributed by atoms with E-state index in [4.69, 9.17) is 10.8 Å². The zero-order chi connectivity index (χ0) is 44.1. The Kier molecular flexibility index (Phi) is 24.1. The fraction of sp³-hybridized carbons (Fsp3) is 0.196. The number of nitrogens with zero attached hydrogens (tertiary/aromatic N) is 2. The highest BCUT2D eigenvalue weighted by Gasteiger charge is 2.20. The molecule has 0 amide bonds. The van der Waals surface area contributed by atoms with Gasteiger partial charge in [0.15, 0.2) is 0 Å². The Morgan fingerprint density at radius 2 is 1.60 bits per heavy atom. The number of nitrogens with one attached hydrogen (secondary N) is 1. The number of hydrogen-bond donors (Lipinski definition) is 2. The molecule has 3 aromatic carbocycles. The minimum absolute atomic E-state index is 0.781. The zero-order valence-corrected chi connectivity index (χ0v) is 37.5. The van der Waals surface area contributed by atoms with Gasteiger partial charge in [-0.25, -0.2) is 0 Å². The van der Waals surface area contributed by atoms with Crippen LogP contribution in [0.1, 0.15) is 80.8 Å². The summed E-state index contributed by atoms with van der Waals surface area (Å²) < 4.78 is 0. The lowest BCUT2D eigenvalue weighted by atomic mass is 9.91. The predicted octanol–water partition coefficient (Wildman–Crippen LogP) is 15.1. The van der Waals surface area contributed by atoms with Gasteiger partial charge in [0, 0.05) is 42.2 Å². The molecule has 60 heavy (non-hydrogen) atoms. The fourth-order valence-corrected chi connectivity index (χ4v) is 6.20. The highest BCUT2D eigenvalue weighted by Crippen LogP contribution is 2.39. The maximum atomic E-state index is 5.08. The molecule has 1 aliphatic heterocycles. The molecule has 5 rings (SSSR count). The van der Waals surface area contributed by atoms with Crippen molar-refractivity contribution in [2.24, 2.45) is 10.8 Å². The van der Waals surface area contributed by atoms with Crippen LogP contribution in [-0.4, -0.2) is 12.8 Å². The SMILES string of the molecule is C=C/C=C(\CC=CC)N1/C=C\C(c2ccc(N=C/C=C\C=C/C)c(C(=C)/C=C\C=C/C)c2)=C/C(=C)c2cc(C)cc(C)c21.CC.Cc1ccccc1.NNCC1=CCC=C1. The van der Waals surface area contributed by atoms with Gasteiger partial charge in [-0.3, -0.25) is 16.3 Å². The summed E-state index contributed by atoms with van der Waals surface area (Å²) in [7, 11) is 0. The summed E-state index contributed by atoms with van der Waals surface area (Å²) in [6.07, 6.45) is 40.6. The van der Waals surface area contributed by atoms with Gasteiger partial charge in [0.05, 0.1) is 11.4 Å². The van der Waals surface area contributed by atoms with Crippen molar-refractivity contribution < 1.29 is 0 Å². The lowest BCUT2D eigenvalue weighted by Crippen LogP contribution is -2.23. The molecule has 3 aromatic rings. The molecule has 4 heteroatoms. The number of anilines is 1. The van der Waals surface area contributed by atoms with Gasteiger partial charge >= 0.3 is 0 Å². The Hall–Kier alpha value is -6.33. The minimum Gasteiger partial charge on any atom is -0.320 e. The van der Waals surface area contributed by atoms with E-state index in [1.807, 2.05) is 114 Å². The van der Waals surface area contributed by atoms with Crippen molar-refractivity contribution >= 4 is 34.3 Å². The van der Waals surface area contributed by atoms with Crippen LogP contribution in [0.4, 0.5) is 11.4 Å². The molecule has 0 saturated carbocycles. The number of allylic oxidation sites excluding steroid dienone is 19. The van der Waals surface area contributed by atoms with E-state index in [0.717, 1.165) is 69.9 Å². The van der Waals surface area contributed by atoms with Gasteiger partial charge in [-0.2, -0.15) is 0 Å². The number of hydrogen-bond acceptors (Lipinski definition) is 4. The smallest absolute Gasteiger partial charge is 0.0708 e. The summed E-state index contributed by atoms with van der Waals surface area (Å²) in [6.45, 7) is 30.1. The quantitative estimate of drug-likeness (QED) is 0.0595. The van der Waals surface area contributed by atoms with Crippen LogP contribution >= 0.6 is 0 Å². The van der Waals surface area contributed by atoms with Crippen molar-refractivity contribution in [3.63, 3.8) is 0 Å².